The lowest BCUT2D eigenvalue weighted by Gasteiger charge is -2.04. The lowest BCUT2D eigenvalue weighted by atomic mass is 10.2. The van der Waals surface area contributed by atoms with Gasteiger partial charge >= 0.3 is 0 Å². The van der Waals surface area contributed by atoms with Crippen molar-refractivity contribution >= 4 is 10.9 Å². The van der Waals surface area contributed by atoms with Crippen LogP contribution in [0.2, 0.25) is 0 Å². The molecule has 2 rings (SSSR count). The van der Waals surface area contributed by atoms with E-state index in [1.165, 1.54) is 0 Å². The predicted octanol–water partition coefficient (Wildman–Crippen LogP) is 1.24. The molecule has 66 valence electrons. The second-order valence-electron chi connectivity index (χ2n) is 3.06. The van der Waals surface area contributed by atoms with Crippen LogP contribution >= 0.6 is 0 Å². The van der Waals surface area contributed by atoms with Crippen LogP contribution in [0.25, 0.3) is 10.9 Å². The summed E-state index contributed by atoms with van der Waals surface area (Å²) in [7, 11) is 1.77. The summed E-state index contributed by atoms with van der Waals surface area (Å²) in [6.07, 6.45) is 1.72. The van der Waals surface area contributed by atoms with Crippen molar-refractivity contribution in [1.82, 2.24) is 9.55 Å². The smallest absolute Gasteiger partial charge is 0.250 e. The summed E-state index contributed by atoms with van der Waals surface area (Å²) < 4.78 is 1.63. The number of fused-ring (bicyclic) bond motifs is 1. The zero-order chi connectivity index (χ0) is 9.42. The number of pyridine rings is 2. The van der Waals surface area contributed by atoms with Gasteiger partial charge in [-0.15, -0.1) is 0 Å². The minimum Gasteiger partial charge on any atom is -0.311 e. The van der Waals surface area contributed by atoms with Crippen molar-refractivity contribution in [3.05, 3.63) is 40.4 Å². The van der Waals surface area contributed by atoms with Crippen LogP contribution in [-0.2, 0) is 7.05 Å². The van der Waals surface area contributed by atoms with Crippen molar-refractivity contribution in [3.63, 3.8) is 0 Å². The summed E-state index contributed by atoms with van der Waals surface area (Å²) in [6.45, 7) is 1.94. The Morgan fingerprint density at radius 1 is 1.31 bits per heavy atom. The lowest BCUT2D eigenvalue weighted by molar-refractivity contribution is 0.903. The topological polar surface area (TPSA) is 34.9 Å². The van der Waals surface area contributed by atoms with E-state index in [2.05, 4.69) is 4.98 Å². The molecule has 0 aromatic carbocycles. The Balaban J connectivity index is 3.03. The molecule has 0 fully saturated rings. The van der Waals surface area contributed by atoms with Crippen molar-refractivity contribution < 1.29 is 0 Å². The van der Waals surface area contributed by atoms with Crippen LogP contribution in [0.1, 0.15) is 5.69 Å². The third-order valence-electron chi connectivity index (χ3n) is 2.25. The van der Waals surface area contributed by atoms with Crippen molar-refractivity contribution in [3.8, 4) is 0 Å². The van der Waals surface area contributed by atoms with Crippen molar-refractivity contribution in [1.29, 1.82) is 0 Å². The molecule has 0 aliphatic rings. The highest BCUT2D eigenvalue weighted by Crippen LogP contribution is 2.12. The Morgan fingerprint density at radius 2 is 2.08 bits per heavy atom. The molecule has 3 nitrogen and oxygen atoms in total. The second-order valence-corrected chi connectivity index (χ2v) is 3.06. The van der Waals surface area contributed by atoms with Gasteiger partial charge in [-0.3, -0.25) is 9.78 Å². The summed E-state index contributed by atoms with van der Waals surface area (Å²) >= 11 is 0. The molecule has 0 aliphatic carbocycles. The molecule has 13 heavy (non-hydrogen) atoms. The number of hydrogen-bond acceptors (Lipinski definition) is 2. The standard InChI is InChI=1S/C10H10N2O/c1-7-8-3-4-10(13)12(2)9(8)5-6-11-7/h3-6H,1-2H3. The van der Waals surface area contributed by atoms with Gasteiger partial charge in [0.1, 0.15) is 0 Å². The molecule has 3 heteroatoms. The fraction of sp³-hybridized carbons (Fsp3) is 0.200. The van der Waals surface area contributed by atoms with Gasteiger partial charge in [-0.2, -0.15) is 0 Å². The maximum absolute atomic E-state index is 11.3. The molecular weight excluding hydrogens is 164 g/mol. The Labute approximate surface area is 75.7 Å². The third kappa shape index (κ3) is 1.13. The zero-order valence-electron chi connectivity index (χ0n) is 7.61. The highest BCUT2D eigenvalue weighted by molar-refractivity contribution is 5.80. The van der Waals surface area contributed by atoms with Crippen LogP contribution < -0.4 is 5.56 Å². The maximum atomic E-state index is 11.3. The first-order valence-electron chi connectivity index (χ1n) is 4.11. The van der Waals surface area contributed by atoms with Gasteiger partial charge in [0.15, 0.2) is 0 Å². The van der Waals surface area contributed by atoms with Gasteiger partial charge in [-0.05, 0) is 19.1 Å². The lowest BCUT2D eigenvalue weighted by Crippen LogP contribution is -2.15. The van der Waals surface area contributed by atoms with Gasteiger partial charge in [0.25, 0.3) is 5.56 Å². The van der Waals surface area contributed by atoms with Gasteiger partial charge in [0.05, 0.1) is 5.52 Å². The molecule has 0 N–H and O–H groups in total. The van der Waals surface area contributed by atoms with Crippen LogP contribution in [0.15, 0.2) is 29.2 Å². The first-order chi connectivity index (χ1) is 6.20. The van der Waals surface area contributed by atoms with Gasteiger partial charge in [0, 0.05) is 30.4 Å². The van der Waals surface area contributed by atoms with E-state index in [1.54, 1.807) is 23.9 Å². The van der Waals surface area contributed by atoms with Gasteiger partial charge in [-0.25, -0.2) is 0 Å². The minimum absolute atomic E-state index is 0.0121. The van der Waals surface area contributed by atoms with Crippen LogP contribution in [-0.4, -0.2) is 9.55 Å². The van der Waals surface area contributed by atoms with E-state index in [0.717, 1.165) is 16.6 Å². The highest BCUT2D eigenvalue weighted by atomic mass is 16.1. The normalized spacial score (nSPS) is 10.6. The first-order valence-corrected chi connectivity index (χ1v) is 4.11. The SMILES string of the molecule is Cc1nccc2c1ccc(=O)n2C. The fourth-order valence-corrected chi connectivity index (χ4v) is 1.45. The summed E-state index contributed by atoms with van der Waals surface area (Å²) in [4.78, 5) is 15.4. The van der Waals surface area contributed by atoms with Gasteiger partial charge in [0.2, 0.25) is 0 Å². The molecular formula is C10H10N2O. The predicted molar refractivity (Wildman–Crippen MR) is 51.7 cm³/mol. The van der Waals surface area contributed by atoms with Crippen LogP contribution in [0, 0.1) is 6.92 Å². The molecule has 0 spiro atoms. The van der Waals surface area contributed by atoms with Crippen molar-refractivity contribution in [2.45, 2.75) is 6.92 Å². The average molecular weight is 174 g/mol. The molecule has 0 aliphatic heterocycles. The van der Waals surface area contributed by atoms with Gasteiger partial charge < -0.3 is 4.57 Å². The fourth-order valence-electron chi connectivity index (χ4n) is 1.45. The van der Waals surface area contributed by atoms with Crippen LogP contribution in [0.4, 0.5) is 0 Å². The van der Waals surface area contributed by atoms with E-state index in [4.69, 9.17) is 0 Å². The number of nitrogens with zero attached hydrogens (tertiary/aromatic N) is 2. The minimum atomic E-state index is 0.0121. The molecule has 0 saturated heterocycles. The highest BCUT2D eigenvalue weighted by Gasteiger charge is 2.00. The number of aryl methyl sites for hydroxylation is 2. The van der Waals surface area contributed by atoms with Crippen LogP contribution in [0.5, 0.6) is 0 Å². The Hall–Kier alpha value is -1.64. The van der Waals surface area contributed by atoms with E-state index in [-0.39, 0.29) is 5.56 Å². The number of hydrogen-bond donors (Lipinski definition) is 0. The average Bonchev–Trinajstić information content (AvgIpc) is 2.12. The molecule has 2 aromatic heterocycles. The molecule has 0 radical (unpaired) electrons. The summed E-state index contributed by atoms with van der Waals surface area (Å²) in [6, 6.07) is 5.24. The quantitative estimate of drug-likeness (QED) is 0.602. The van der Waals surface area contributed by atoms with Crippen molar-refractivity contribution in [2.24, 2.45) is 7.05 Å². The third-order valence-corrected chi connectivity index (χ3v) is 2.25. The molecule has 0 unspecified atom stereocenters. The zero-order valence-corrected chi connectivity index (χ0v) is 7.61. The molecule has 0 amide bonds. The molecule has 0 saturated carbocycles. The second kappa shape index (κ2) is 2.69. The largest absolute Gasteiger partial charge is 0.311 e. The van der Waals surface area contributed by atoms with E-state index in [0.29, 0.717) is 0 Å². The van der Waals surface area contributed by atoms with Crippen molar-refractivity contribution in [2.75, 3.05) is 0 Å². The van der Waals surface area contributed by atoms with Gasteiger partial charge in [-0.1, -0.05) is 0 Å². The monoisotopic (exact) mass is 174 g/mol. The molecule has 0 atom stereocenters. The van der Waals surface area contributed by atoms with E-state index in [9.17, 15) is 4.79 Å². The van der Waals surface area contributed by atoms with E-state index < -0.39 is 0 Å². The molecule has 2 aromatic rings. The Morgan fingerprint density at radius 3 is 2.85 bits per heavy atom. The van der Waals surface area contributed by atoms with E-state index >= 15 is 0 Å². The first kappa shape index (κ1) is 7.98. The number of rotatable bonds is 0. The summed E-state index contributed by atoms with van der Waals surface area (Å²) in [5, 5.41) is 1.03. The maximum Gasteiger partial charge on any atom is 0.250 e. The Bertz CT molecular complexity index is 514. The van der Waals surface area contributed by atoms with E-state index in [1.807, 2.05) is 19.1 Å². The van der Waals surface area contributed by atoms with Crippen LogP contribution in [0.3, 0.4) is 0 Å². The Kier molecular flexibility index (Phi) is 1.65. The number of aromatic nitrogens is 2. The molecule has 2 heterocycles. The summed E-state index contributed by atoms with van der Waals surface area (Å²) in [5.74, 6) is 0. The summed E-state index contributed by atoms with van der Waals surface area (Å²) in [5.41, 5.74) is 1.89. The molecule has 0 bridgehead atoms.